The van der Waals surface area contributed by atoms with Crippen LogP contribution in [0, 0.1) is 0 Å². The molecule has 12 rings (SSSR count). The maximum atomic E-state index is 2.51. The van der Waals surface area contributed by atoms with Gasteiger partial charge in [-0.15, -0.1) is 11.3 Å². The van der Waals surface area contributed by atoms with Crippen LogP contribution in [0.25, 0.3) is 53.2 Å². The van der Waals surface area contributed by atoms with Crippen LogP contribution < -0.4 is 0 Å². The molecule has 0 spiro atoms. The molecule has 2 unspecified atom stereocenters. The fourth-order valence-electron chi connectivity index (χ4n) is 10.4. The van der Waals surface area contributed by atoms with Crippen LogP contribution in [-0.4, -0.2) is 0 Å². The second-order valence-corrected chi connectivity index (χ2v) is 14.2. The molecule has 0 fully saturated rings. The van der Waals surface area contributed by atoms with Crippen molar-refractivity contribution in [2.24, 2.45) is 0 Å². The number of benzene rings is 7. The first-order valence-corrected chi connectivity index (χ1v) is 16.5. The van der Waals surface area contributed by atoms with Gasteiger partial charge < -0.3 is 0 Å². The summed E-state index contributed by atoms with van der Waals surface area (Å²) in [5, 5.41) is 5.71. The van der Waals surface area contributed by atoms with Crippen LogP contribution in [0.5, 0.6) is 0 Å². The Morgan fingerprint density at radius 2 is 0.932 bits per heavy atom. The second-order valence-electron chi connectivity index (χ2n) is 13.1. The third-order valence-electron chi connectivity index (χ3n) is 11.6. The molecular formula is C43H24S. The van der Waals surface area contributed by atoms with Crippen LogP contribution in [0.15, 0.2) is 133 Å². The molecule has 2 atom stereocenters. The van der Waals surface area contributed by atoms with E-state index in [1.54, 1.807) is 0 Å². The van der Waals surface area contributed by atoms with E-state index >= 15 is 0 Å². The Balaban J connectivity index is 1.42. The van der Waals surface area contributed by atoms with Crippen LogP contribution in [0.2, 0.25) is 0 Å². The fourth-order valence-corrected chi connectivity index (χ4v) is 11.5. The predicted octanol–water partition coefficient (Wildman–Crippen LogP) is 10.8. The minimum absolute atomic E-state index is 0.382. The van der Waals surface area contributed by atoms with Crippen LogP contribution in [0.3, 0.4) is 0 Å². The summed E-state index contributed by atoms with van der Waals surface area (Å²) in [6, 6.07) is 51.8. The molecule has 202 valence electrons. The molecule has 0 saturated heterocycles. The molecule has 1 heterocycles. The van der Waals surface area contributed by atoms with Crippen molar-refractivity contribution in [3.05, 3.63) is 178 Å². The Kier molecular flexibility index (Phi) is 3.69. The Labute approximate surface area is 258 Å². The highest BCUT2D eigenvalue weighted by atomic mass is 32.1. The third kappa shape index (κ3) is 2.11. The summed E-state index contributed by atoms with van der Waals surface area (Å²) in [5.41, 5.74) is 16.6. The SMILES string of the molecule is c1ccc(-c2ccc3c4c(cccc24)C24c5cccc6c5-c5c(cccc5C32c2cccc3sc5cccc4c5c23)C6)cc1. The molecule has 44 heavy (non-hydrogen) atoms. The summed E-state index contributed by atoms with van der Waals surface area (Å²) < 4.78 is 2.79. The molecule has 7 aromatic carbocycles. The van der Waals surface area contributed by atoms with Gasteiger partial charge >= 0.3 is 0 Å². The number of hydrogen-bond donors (Lipinski definition) is 0. The average molecular weight is 573 g/mol. The van der Waals surface area contributed by atoms with Gasteiger partial charge in [0.15, 0.2) is 0 Å². The highest BCUT2D eigenvalue weighted by Gasteiger charge is 2.68. The molecule has 8 aromatic rings. The van der Waals surface area contributed by atoms with Crippen molar-refractivity contribution in [1.29, 1.82) is 0 Å². The standard InChI is InChI=1S/C43H24S/c1-2-9-24(10-3-1)27-21-22-34-39-28(27)13-6-16-31(39)42-29-14-4-11-25-23-26-12-5-15-30(38(26)37(25)29)43(34,42)33-18-8-20-36-41(33)40-32(42)17-7-19-35(40)44-36/h1-22H,23H2. The average Bonchev–Trinajstić information content (AvgIpc) is 3.74. The molecular weight excluding hydrogens is 549 g/mol. The van der Waals surface area contributed by atoms with Crippen molar-refractivity contribution in [3.63, 3.8) is 0 Å². The van der Waals surface area contributed by atoms with Gasteiger partial charge in [-0.1, -0.05) is 121 Å². The van der Waals surface area contributed by atoms with E-state index in [0.29, 0.717) is 0 Å². The van der Waals surface area contributed by atoms with Gasteiger partial charge in [-0.25, -0.2) is 0 Å². The largest absolute Gasteiger partial charge is 0.135 e. The Hall–Kier alpha value is -4.98. The topological polar surface area (TPSA) is 0 Å². The molecule has 0 amide bonds. The van der Waals surface area contributed by atoms with Crippen LogP contribution in [-0.2, 0) is 17.3 Å². The lowest BCUT2D eigenvalue weighted by Gasteiger charge is -2.55. The summed E-state index contributed by atoms with van der Waals surface area (Å²) in [5.74, 6) is 0. The predicted molar refractivity (Wildman–Crippen MR) is 183 cm³/mol. The van der Waals surface area contributed by atoms with E-state index in [0.717, 1.165) is 6.42 Å². The van der Waals surface area contributed by atoms with Crippen molar-refractivity contribution in [1.82, 2.24) is 0 Å². The summed E-state index contributed by atoms with van der Waals surface area (Å²) in [6.07, 6.45) is 1.01. The molecule has 0 nitrogen and oxygen atoms in total. The number of thiophene rings is 1. The van der Waals surface area contributed by atoms with Crippen molar-refractivity contribution in [2.45, 2.75) is 17.3 Å². The lowest BCUT2D eigenvalue weighted by Crippen LogP contribution is -2.53. The molecule has 0 aliphatic heterocycles. The molecule has 4 aliphatic rings. The summed E-state index contributed by atoms with van der Waals surface area (Å²) in [6.45, 7) is 0. The van der Waals surface area contributed by atoms with Gasteiger partial charge in [-0.05, 0) is 96.1 Å². The van der Waals surface area contributed by atoms with E-state index in [2.05, 4.69) is 133 Å². The minimum atomic E-state index is -0.382. The molecule has 4 aliphatic carbocycles. The van der Waals surface area contributed by atoms with E-state index in [4.69, 9.17) is 0 Å². The van der Waals surface area contributed by atoms with Gasteiger partial charge in [0, 0.05) is 20.2 Å². The Morgan fingerprint density at radius 3 is 1.57 bits per heavy atom. The quantitative estimate of drug-likeness (QED) is 0.184. The highest BCUT2D eigenvalue weighted by Crippen LogP contribution is 2.75. The summed E-state index contributed by atoms with van der Waals surface area (Å²) in [7, 11) is 0. The zero-order valence-corrected chi connectivity index (χ0v) is 24.6. The van der Waals surface area contributed by atoms with Gasteiger partial charge in [-0.2, -0.15) is 0 Å². The van der Waals surface area contributed by atoms with Crippen molar-refractivity contribution in [3.8, 4) is 22.3 Å². The van der Waals surface area contributed by atoms with E-state index in [9.17, 15) is 0 Å². The third-order valence-corrected chi connectivity index (χ3v) is 12.7. The van der Waals surface area contributed by atoms with Crippen LogP contribution in [0.4, 0.5) is 0 Å². The van der Waals surface area contributed by atoms with Gasteiger partial charge in [0.2, 0.25) is 0 Å². The second kappa shape index (κ2) is 7.21. The summed E-state index contributed by atoms with van der Waals surface area (Å²) in [4.78, 5) is 0. The zero-order chi connectivity index (χ0) is 28.4. The van der Waals surface area contributed by atoms with Crippen molar-refractivity contribution in [2.75, 3.05) is 0 Å². The monoisotopic (exact) mass is 572 g/mol. The minimum Gasteiger partial charge on any atom is -0.135 e. The van der Waals surface area contributed by atoms with Gasteiger partial charge in [-0.3, -0.25) is 0 Å². The first-order valence-electron chi connectivity index (χ1n) is 15.7. The molecule has 0 bridgehead atoms. The molecule has 1 heteroatoms. The lowest BCUT2D eigenvalue weighted by molar-refractivity contribution is 0.439. The van der Waals surface area contributed by atoms with Crippen LogP contribution >= 0.6 is 11.3 Å². The number of rotatable bonds is 1. The molecule has 0 saturated carbocycles. The van der Waals surface area contributed by atoms with Crippen molar-refractivity contribution < 1.29 is 0 Å². The molecule has 0 radical (unpaired) electrons. The van der Waals surface area contributed by atoms with E-state index < -0.39 is 0 Å². The highest BCUT2D eigenvalue weighted by molar-refractivity contribution is 7.25. The normalized spacial score (nSPS) is 20.8. The van der Waals surface area contributed by atoms with Gasteiger partial charge in [0.1, 0.15) is 0 Å². The summed E-state index contributed by atoms with van der Waals surface area (Å²) >= 11 is 1.96. The number of hydrogen-bond acceptors (Lipinski definition) is 1. The van der Waals surface area contributed by atoms with Crippen LogP contribution in [0.1, 0.15) is 44.5 Å². The fraction of sp³-hybridized carbons (Fsp3) is 0.0698. The first-order chi connectivity index (χ1) is 21.8. The smallest absolute Gasteiger partial charge is 0.0648 e. The van der Waals surface area contributed by atoms with Gasteiger partial charge in [0.05, 0.1) is 10.8 Å². The van der Waals surface area contributed by atoms with Gasteiger partial charge in [0.25, 0.3) is 0 Å². The van der Waals surface area contributed by atoms with E-state index in [1.807, 2.05) is 11.3 Å². The zero-order valence-electron chi connectivity index (χ0n) is 23.8. The maximum absolute atomic E-state index is 2.51. The lowest BCUT2D eigenvalue weighted by atomic mass is 9.44. The maximum Gasteiger partial charge on any atom is 0.0648 e. The first kappa shape index (κ1) is 22.5. The van der Waals surface area contributed by atoms with Crippen molar-refractivity contribution >= 4 is 42.3 Å². The Morgan fingerprint density at radius 1 is 0.409 bits per heavy atom. The molecule has 0 N–H and O–H groups in total. The van der Waals surface area contributed by atoms with E-state index in [-0.39, 0.29) is 10.8 Å². The Bertz CT molecular complexity index is 2510. The molecule has 1 aromatic heterocycles. The van der Waals surface area contributed by atoms with E-state index in [1.165, 1.54) is 97.7 Å².